The summed E-state index contributed by atoms with van der Waals surface area (Å²) < 4.78 is 5.23. The van der Waals surface area contributed by atoms with Gasteiger partial charge in [-0.2, -0.15) is 0 Å². The van der Waals surface area contributed by atoms with Gasteiger partial charge in [-0.25, -0.2) is 0 Å². The number of rotatable bonds is 5. The van der Waals surface area contributed by atoms with Gasteiger partial charge in [0.15, 0.2) is 0 Å². The summed E-state index contributed by atoms with van der Waals surface area (Å²) in [6.07, 6.45) is 4.36. The average Bonchev–Trinajstić information content (AvgIpc) is 3.25. The zero-order chi connectivity index (χ0) is 13.2. The maximum atomic E-state index is 6.01. The van der Waals surface area contributed by atoms with Gasteiger partial charge in [-0.15, -0.1) is 0 Å². The first-order valence-electron chi connectivity index (χ1n) is 6.70. The number of fused-ring (bicyclic) bond motifs is 1. The predicted molar refractivity (Wildman–Crippen MR) is 78.4 cm³/mol. The van der Waals surface area contributed by atoms with Crippen molar-refractivity contribution in [3.8, 4) is 0 Å². The molecule has 3 rings (SSSR count). The molecule has 1 aromatic heterocycles. The van der Waals surface area contributed by atoms with E-state index in [4.69, 9.17) is 10.5 Å². The Morgan fingerprint density at radius 2 is 2.21 bits per heavy atom. The van der Waals surface area contributed by atoms with Crippen molar-refractivity contribution in [1.82, 2.24) is 4.98 Å². The Bertz CT molecular complexity index is 581. The molecule has 100 valence electrons. The lowest BCUT2D eigenvalue weighted by Crippen LogP contribution is -2.29. The third-order valence-electron chi connectivity index (χ3n) is 3.61. The molecule has 1 fully saturated rings. The molecule has 0 aliphatic heterocycles. The van der Waals surface area contributed by atoms with E-state index in [-0.39, 0.29) is 0 Å². The van der Waals surface area contributed by atoms with Gasteiger partial charge in [0.25, 0.3) is 0 Å². The number of para-hydroxylation sites is 1. The van der Waals surface area contributed by atoms with Gasteiger partial charge in [-0.05, 0) is 25.0 Å². The molecule has 0 unspecified atom stereocenters. The van der Waals surface area contributed by atoms with Crippen LogP contribution in [0.25, 0.3) is 10.9 Å². The van der Waals surface area contributed by atoms with E-state index in [9.17, 15) is 0 Å². The highest BCUT2D eigenvalue weighted by Gasteiger charge is 2.29. The molecule has 0 bridgehead atoms. The molecule has 19 heavy (non-hydrogen) atoms. The summed E-state index contributed by atoms with van der Waals surface area (Å²) in [5.74, 6) is 0. The van der Waals surface area contributed by atoms with E-state index >= 15 is 0 Å². The van der Waals surface area contributed by atoms with Crippen molar-refractivity contribution < 1.29 is 4.74 Å². The maximum Gasteiger partial charge on any atom is 0.0951 e. The molecule has 4 heteroatoms. The van der Waals surface area contributed by atoms with Gasteiger partial charge in [0.05, 0.1) is 17.8 Å². The standard InChI is InChI=1S/C15H19N3O/c1-19-10-9-18(11-5-6-11)14-7-8-17-15-12(14)3-2-4-13(15)16/h2-4,7-8,11H,5-6,9-10,16H2,1H3. The van der Waals surface area contributed by atoms with E-state index in [1.165, 1.54) is 18.5 Å². The van der Waals surface area contributed by atoms with Crippen LogP contribution in [0.3, 0.4) is 0 Å². The molecule has 1 aromatic carbocycles. The number of benzene rings is 1. The molecule has 4 nitrogen and oxygen atoms in total. The fraction of sp³-hybridized carbons (Fsp3) is 0.400. The second-order valence-corrected chi connectivity index (χ2v) is 4.99. The topological polar surface area (TPSA) is 51.4 Å². The Morgan fingerprint density at radius 3 is 2.95 bits per heavy atom. The molecule has 0 spiro atoms. The number of nitrogens with two attached hydrogens (primary N) is 1. The molecule has 0 atom stereocenters. The van der Waals surface area contributed by atoms with Gasteiger partial charge >= 0.3 is 0 Å². The molecule has 1 heterocycles. The average molecular weight is 257 g/mol. The van der Waals surface area contributed by atoms with Crippen molar-refractivity contribution >= 4 is 22.3 Å². The Hall–Kier alpha value is -1.81. The summed E-state index contributed by atoms with van der Waals surface area (Å²) in [5, 5.41) is 1.13. The molecular formula is C15H19N3O. The molecule has 2 N–H and O–H groups in total. The van der Waals surface area contributed by atoms with Crippen LogP contribution in [0, 0.1) is 0 Å². The summed E-state index contributed by atoms with van der Waals surface area (Å²) in [6.45, 7) is 1.65. The zero-order valence-electron chi connectivity index (χ0n) is 11.2. The largest absolute Gasteiger partial charge is 0.397 e. The minimum absolute atomic E-state index is 0.641. The monoisotopic (exact) mass is 257 g/mol. The molecule has 0 radical (unpaired) electrons. The number of hydrogen-bond acceptors (Lipinski definition) is 4. The lowest BCUT2D eigenvalue weighted by molar-refractivity contribution is 0.205. The first-order valence-corrected chi connectivity index (χ1v) is 6.70. The minimum atomic E-state index is 0.641. The fourth-order valence-electron chi connectivity index (χ4n) is 2.51. The van der Waals surface area contributed by atoms with Gasteiger partial charge in [0.1, 0.15) is 0 Å². The van der Waals surface area contributed by atoms with Crippen LogP contribution < -0.4 is 10.6 Å². The van der Waals surface area contributed by atoms with Crippen LogP contribution in [0.2, 0.25) is 0 Å². The molecule has 1 aliphatic rings. The second-order valence-electron chi connectivity index (χ2n) is 4.99. The Morgan fingerprint density at radius 1 is 1.37 bits per heavy atom. The number of nitrogens with zero attached hydrogens (tertiary/aromatic N) is 2. The summed E-state index contributed by atoms with van der Waals surface area (Å²) in [7, 11) is 1.74. The second kappa shape index (κ2) is 5.05. The highest BCUT2D eigenvalue weighted by Crippen LogP contribution is 2.36. The van der Waals surface area contributed by atoms with Gasteiger partial charge in [-0.1, -0.05) is 12.1 Å². The number of pyridine rings is 1. The quantitative estimate of drug-likeness (QED) is 0.836. The number of nitrogen functional groups attached to an aromatic ring is 1. The van der Waals surface area contributed by atoms with Gasteiger partial charge < -0.3 is 15.4 Å². The van der Waals surface area contributed by atoms with Crippen molar-refractivity contribution in [1.29, 1.82) is 0 Å². The molecule has 1 saturated carbocycles. The number of hydrogen-bond donors (Lipinski definition) is 1. The SMILES string of the molecule is COCCN(c1ccnc2c(N)cccc12)C1CC1. The van der Waals surface area contributed by atoms with E-state index in [1.54, 1.807) is 7.11 Å². The Labute approximate surface area is 113 Å². The van der Waals surface area contributed by atoms with Crippen LogP contribution in [0.1, 0.15) is 12.8 Å². The first kappa shape index (κ1) is 12.2. The predicted octanol–water partition coefficient (Wildman–Crippen LogP) is 2.43. The smallest absolute Gasteiger partial charge is 0.0951 e. The van der Waals surface area contributed by atoms with E-state index in [1.807, 2.05) is 18.3 Å². The Kier molecular flexibility index (Phi) is 3.25. The highest BCUT2D eigenvalue weighted by atomic mass is 16.5. The Balaban J connectivity index is 2.04. The van der Waals surface area contributed by atoms with Crippen LogP contribution >= 0.6 is 0 Å². The minimum Gasteiger partial charge on any atom is -0.397 e. The third-order valence-corrected chi connectivity index (χ3v) is 3.61. The number of ether oxygens (including phenoxy) is 1. The summed E-state index contributed by atoms with van der Waals surface area (Å²) in [6, 6.07) is 8.70. The lowest BCUT2D eigenvalue weighted by atomic mass is 10.1. The molecular weight excluding hydrogens is 238 g/mol. The van der Waals surface area contributed by atoms with Crippen LogP contribution in [-0.4, -0.2) is 31.3 Å². The number of methoxy groups -OCH3 is 1. The van der Waals surface area contributed by atoms with Crippen LogP contribution in [0.15, 0.2) is 30.5 Å². The van der Waals surface area contributed by atoms with E-state index in [2.05, 4.69) is 22.0 Å². The van der Waals surface area contributed by atoms with Crippen molar-refractivity contribution in [2.45, 2.75) is 18.9 Å². The van der Waals surface area contributed by atoms with Crippen LogP contribution in [-0.2, 0) is 4.74 Å². The van der Waals surface area contributed by atoms with E-state index < -0.39 is 0 Å². The summed E-state index contributed by atoms with van der Waals surface area (Å²) in [4.78, 5) is 6.82. The molecule has 0 amide bonds. The van der Waals surface area contributed by atoms with Crippen LogP contribution in [0.5, 0.6) is 0 Å². The molecule has 1 aliphatic carbocycles. The number of anilines is 2. The lowest BCUT2D eigenvalue weighted by Gasteiger charge is -2.25. The van der Waals surface area contributed by atoms with Gasteiger partial charge in [0, 0.05) is 37.0 Å². The highest BCUT2D eigenvalue weighted by molar-refractivity contribution is 5.98. The van der Waals surface area contributed by atoms with Crippen LogP contribution in [0.4, 0.5) is 11.4 Å². The van der Waals surface area contributed by atoms with Crippen molar-refractivity contribution in [3.63, 3.8) is 0 Å². The van der Waals surface area contributed by atoms with Gasteiger partial charge in [-0.3, -0.25) is 4.98 Å². The van der Waals surface area contributed by atoms with Crippen molar-refractivity contribution in [2.75, 3.05) is 30.9 Å². The molecule has 0 saturated heterocycles. The van der Waals surface area contributed by atoms with Gasteiger partial charge in [0.2, 0.25) is 0 Å². The van der Waals surface area contributed by atoms with Crippen molar-refractivity contribution in [2.24, 2.45) is 0 Å². The molecule has 2 aromatic rings. The maximum absolute atomic E-state index is 6.01. The van der Waals surface area contributed by atoms with Crippen molar-refractivity contribution in [3.05, 3.63) is 30.5 Å². The first-order chi connectivity index (χ1) is 9.31. The third kappa shape index (κ3) is 2.36. The summed E-state index contributed by atoms with van der Waals surface area (Å²) >= 11 is 0. The van der Waals surface area contributed by atoms with E-state index in [0.717, 1.165) is 29.7 Å². The summed E-state index contributed by atoms with van der Waals surface area (Å²) in [5.41, 5.74) is 8.86. The van der Waals surface area contributed by atoms with E-state index in [0.29, 0.717) is 6.04 Å². The fourth-order valence-corrected chi connectivity index (χ4v) is 2.51. The normalized spacial score (nSPS) is 14.8. The number of aromatic nitrogens is 1. The zero-order valence-corrected chi connectivity index (χ0v) is 11.2.